The minimum atomic E-state index is 0. The highest BCUT2D eigenvalue weighted by atomic mass is 127. The normalized spacial score (nSPS) is 17.1. The van der Waals surface area contributed by atoms with Crippen molar-refractivity contribution in [3.63, 3.8) is 0 Å². The van der Waals surface area contributed by atoms with E-state index >= 15 is 0 Å². The average Bonchev–Trinajstić information content (AvgIpc) is 2.68. The molecule has 0 aliphatic carbocycles. The number of hydrogen-bond donors (Lipinski definition) is 2. The molecule has 0 aromatic heterocycles. The summed E-state index contributed by atoms with van der Waals surface area (Å²) >= 11 is 0. The highest BCUT2D eigenvalue weighted by molar-refractivity contribution is 14.0. The molecule has 1 heterocycles. The molecule has 27 heavy (non-hydrogen) atoms. The molecular formula is C20H36IN5O. The first-order chi connectivity index (χ1) is 12.6. The smallest absolute Gasteiger partial charge is 0.191 e. The number of likely N-dealkylation sites (N-methyl/N-ethyl adjacent to an activating group) is 1. The summed E-state index contributed by atoms with van der Waals surface area (Å²) in [5, 5.41) is 6.74. The summed E-state index contributed by atoms with van der Waals surface area (Å²) in [5.74, 6) is 1.73. The topological polar surface area (TPSA) is 52.1 Å². The number of rotatable bonds is 8. The molecule has 1 aromatic carbocycles. The fourth-order valence-corrected chi connectivity index (χ4v) is 3.09. The van der Waals surface area contributed by atoms with Crippen LogP contribution in [0.1, 0.15) is 19.4 Å². The number of aliphatic imine (C=N–C) groups is 1. The first kappa shape index (κ1) is 24.0. The predicted octanol–water partition coefficient (Wildman–Crippen LogP) is 2.18. The summed E-state index contributed by atoms with van der Waals surface area (Å²) in [6.45, 7) is 14.6. The van der Waals surface area contributed by atoms with E-state index in [1.54, 1.807) is 7.05 Å². The van der Waals surface area contributed by atoms with Crippen LogP contribution in [0.25, 0.3) is 0 Å². The van der Waals surface area contributed by atoms with Crippen LogP contribution in [0.3, 0.4) is 0 Å². The largest absolute Gasteiger partial charge is 0.492 e. The van der Waals surface area contributed by atoms with Crippen LogP contribution in [0.5, 0.6) is 5.75 Å². The van der Waals surface area contributed by atoms with Crippen molar-refractivity contribution in [2.75, 3.05) is 59.5 Å². The highest BCUT2D eigenvalue weighted by Gasteiger charge is 2.20. The van der Waals surface area contributed by atoms with Gasteiger partial charge in [-0.1, -0.05) is 24.6 Å². The molecule has 0 bridgehead atoms. The summed E-state index contributed by atoms with van der Waals surface area (Å²) in [6.07, 6.45) is 0. The standard InChI is InChI=1S/C20H35N5O.HI/c1-5-24-11-13-25(14-12-24)18(3)16-23-20(21-4)22-10-15-26-19-8-6-17(2)7-9-19;/h6-9,18H,5,10-16H2,1-4H3,(H2,21,22,23);1H. The van der Waals surface area contributed by atoms with E-state index in [0.29, 0.717) is 12.6 Å². The zero-order valence-electron chi connectivity index (χ0n) is 17.2. The van der Waals surface area contributed by atoms with Gasteiger partial charge in [-0.05, 0) is 32.5 Å². The predicted molar refractivity (Wildman–Crippen MR) is 125 cm³/mol. The molecule has 0 radical (unpaired) electrons. The molecule has 1 aromatic rings. The van der Waals surface area contributed by atoms with Gasteiger partial charge in [0.25, 0.3) is 0 Å². The molecule has 1 fully saturated rings. The molecule has 2 N–H and O–H groups in total. The van der Waals surface area contributed by atoms with Crippen LogP contribution < -0.4 is 15.4 Å². The molecule has 6 nitrogen and oxygen atoms in total. The average molecular weight is 489 g/mol. The van der Waals surface area contributed by atoms with Crippen molar-refractivity contribution in [2.45, 2.75) is 26.8 Å². The lowest BCUT2D eigenvalue weighted by Gasteiger charge is -2.37. The van der Waals surface area contributed by atoms with Crippen LogP contribution in [-0.2, 0) is 0 Å². The van der Waals surface area contributed by atoms with Gasteiger partial charge in [0.15, 0.2) is 5.96 Å². The molecule has 1 unspecified atom stereocenters. The highest BCUT2D eigenvalue weighted by Crippen LogP contribution is 2.10. The Balaban J connectivity index is 0.00000364. The molecule has 1 saturated heterocycles. The van der Waals surface area contributed by atoms with E-state index in [-0.39, 0.29) is 24.0 Å². The maximum Gasteiger partial charge on any atom is 0.191 e. The van der Waals surface area contributed by atoms with Crippen LogP contribution >= 0.6 is 24.0 Å². The van der Waals surface area contributed by atoms with Gasteiger partial charge in [0, 0.05) is 45.8 Å². The number of aryl methyl sites for hydroxylation is 1. The van der Waals surface area contributed by atoms with E-state index in [2.05, 4.69) is 58.3 Å². The van der Waals surface area contributed by atoms with E-state index in [0.717, 1.165) is 44.4 Å². The van der Waals surface area contributed by atoms with Crippen LogP contribution in [0, 0.1) is 6.92 Å². The second-order valence-electron chi connectivity index (χ2n) is 6.86. The van der Waals surface area contributed by atoms with Crippen LogP contribution in [0.2, 0.25) is 0 Å². The SMILES string of the molecule is CCN1CCN(C(C)CNC(=NC)NCCOc2ccc(C)cc2)CC1.I. The first-order valence-corrected chi connectivity index (χ1v) is 9.72. The Labute approximate surface area is 181 Å². The minimum Gasteiger partial charge on any atom is -0.492 e. The number of guanidine groups is 1. The molecule has 154 valence electrons. The van der Waals surface area contributed by atoms with Crippen molar-refractivity contribution in [3.05, 3.63) is 29.8 Å². The number of nitrogens with one attached hydrogen (secondary N) is 2. The van der Waals surface area contributed by atoms with Crippen molar-refractivity contribution >= 4 is 29.9 Å². The van der Waals surface area contributed by atoms with Crippen molar-refractivity contribution in [2.24, 2.45) is 4.99 Å². The Bertz CT molecular complexity index is 544. The lowest BCUT2D eigenvalue weighted by atomic mass is 10.2. The monoisotopic (exact) mass is 489 g/mol. The van der Waals surface area contributed by atoms with Crippen LogP contribution in [-0.4, -0.2) is 81.3 Å². The molecule has 1 aliphatic heterocycles. The maximum absolute atomic E-state index is 5.74. The van der Waals surface area contributed by atoms with Crippen molar-refractivity contribution in [1.29, 1.82) is 0 Å². The van der Waals surface area contributed by atoms with Crippen LogP contribution in [0.4, 0.5) is 0 Å². The second kappa shape index (κ2) is 13.2. The minimum absolute atomic E-state index is 0. The zero-order chi connectivity index (χ0) is 18.8. The Kier molecular flexibility index (Phi) is 11.7. The van der Waals surface area contributed by atoms with E-state index in [4.69, 9.17) is 4.74 Å². The van der Waals surface area contributed by atoms with Gasteiger partial charge < -0.3 is 20.3 Å². The van der Waals surface area contributed by atoms with Crippen molar-refractivity contribution in [1.82, 2.24) is 20.4 Å². The fraction of sp³-hybridized carbons (Fsp3) is 0.650. The number of ether oxygens (including phenoxy) is 1. The number of benzene rings is 1. The van der Waals surface area contributed by atoms with E-state index in [1.165, 1.54) is 18.7 Å². The van der Waals surface area contributed by atoms with Gasteiger partial charge in [-0.25, -0.2) is 0 Å². The molecule has 0 spiro atoms. The molecule has 1 atom stereocenters. The molecule has 1 aliphatic rings. The number of hydrogen-bond acceptors (Lipinski definition) is 4. The van der Waals surface area contributed by atoms with Gasteiger partial charge in [-0.15, -0.1) is 24.0 Å². The summed E-state index contributed by atoms with van der Waals surface area (Å²) in [5.41, 5.74) is 1.24. The Morgan fingerprint density at radius 1 is 1.15 bits per heavy atom. The summed E-state index contributed by atoms with van der Waals surface area (Å²) in [6, 6.07) is 8.62. The van der Waals surface area contributed by atoms with Gasteiger partial charge in [-0.3, -0.25) is 9.89 Å². The number of piperazine rings is 1. The van der Waals surface area contributed by atoms with E-state index < -0.39 is 0 Å². The first-order valence-electron chi connectivity index (χ1n) is 9.72. The van der Waals surface area contributed by atoms with Gasteiger partial charge >= 0.3 is 0 Å². The Morgan fingerprint density at radius 2 is 1.81 bits per heavy atom. The zero-order valence-corrected chi connectivity index (χ0v) is 19.5. The second-order valence-corrected chi connectivity index (χ2v) is 6.86. The lowest BCUT2D eigenvalue weighted by molar-refractivity contribution is 0.107. The third-order valence-electron chi connectivity index (χ3n) is 4.95. The Hall–Kier alpha value is -1.06. The van der Waals surface area contributed by atoms with Crippen molar-refractivity contribution in [3.8, 4) is 5.75 Å². The van der Waals surface area contributed by atoms with E-state index in [9.17, 15) is 0 Å². The number of halogens is 1. The third-order valence-corrected chi connectivity index (χ3v) is 4.95. The summed E-state index contributed by atoms with van der Waals surface area (Å²) in [4.78, 5) is 9.35. The molecule has 7 heteroatoms. The molecule has 0 amide bonds. The fourth-order valence-electron chi connectivity index (χ4n) is 3.09. The lowest BCUT2D eigenvalue weighted by Crippen LogP contribution is -2.53. The quantitative estimate of drug-likeness (QED) is 0.254. The molecule has 2 rings (SSSR count). The van der Waals surface area contributed by atoms with Gasteiger partial charge in [0.2, 0.25) is 0 Å². The molecular weight excluding hydrogens is 453 g/mol. The van der Waals surface area contributed by atoms with E-state index in [1.807, 2.05) is 12.1 Å². The molecule has 0 saturated carbocycles. The van der Waals surface area contributed by atoms with Crippen molar-refractivity contribution < 1.29 is 4.74 Å². The van der Waals surface area contributed by atoms with Gasteiger partial charge in [0.1, 0.15) is 12.4 Å². The Morgan fingerprint density at radius 3 is 2.41 bits per heavy atom. The third kappa shape index (κ3) is 8.66. The summed E-state index contributed by atoms with van der Waals surface area (Å²) in [7, 11) is 1.81. The van der Waals surface area contributed by atoms with Crippen LogP contribution in [0.15, 0.2) is 29.3 Å². The number of nitrogens with zero attached hydrogens (tertiary/aromatic N) is 3. The van der Waals surface area contributed by atoms with Gasteiger partial charge in [0.05, 0.1) is 6.54 Å². The van der Waals surface area contributed by atoms with Gasteiger partial charge in [-0.2, -0.15) is 0 Å². The summed E-state index contributed by atoms with van der Waals surface area (Å²) < 4.78 is 5.74. The maximum atomic E-state index is 5.74.